The molecule has 0 amide bonds. The van der Waals surface area contributed by atoms with Crippen molar-refractivity contribution in [3.8, 4) is 11.6 Å². The van der Waals surface area contributed by atoms with Crippen molar-refractivity contribution in [3.63, 3.8) is 0 Å². The van der Waals surface area contributed by atoms with E-state index >= 15 is 0 Å². The highest BCUT2D eigenvalue weighted by Gasteiger charge is 2.08. The SMILES string of the molecule is Cc1cc(OCC(=O)O)nn1-c1ccc(F)cc1. The number of hydrogen-bond donors (Lipinski definition) is 1. The van der Waals surface area contributed by atoms with Gasteiger partial charge in [0.15, 0.2) is 6.61 Å². The van der Waals surface area contributed by atoms with Crippen LogP contribution < -0.4 is 4.74 Å². The van der Waals surface area contributed by atoms with Gasteiger partial charge in [-0.2, -0.15) is 0 Å². The zero-order valence-corrected chi connectivity index (χ0v) is 9.63. The molecule has 0 saturated heterocycles. The Morgan fingerprint density at radius 1 is 1.44 bits per heavy atom. The van der Waals surface area contributed by atoms with Crippen LogP contribution >= 0.6 is 0 Å². The number of carbonyl (C=O) groups is 1. The molecule has 94 valence electrons. The molecule has 0 fully saturated rings. The molecule has 0 aliphatic heterocycles. The molecule has 0 radical (unpaired) electrons. The number of ether oxygens (including phenoxy) is 1. The van der Waals surface area contributed by atoms with Crippen molar-refractivity contribution in [2.75, 3.05) is 6.61 Å². The van der Waals surface area contributed by atoms with Crippen molar-refractivity contribution < 1.29 is 19.0 Å². The zero-order valence-electron chi connectivity index (χ0n) is 9.63. The molecule has 2 aromatic rings. The number of nitrogens with zero attached hydrogens (tertiary/aromatic N) is 2. The van der Waals surface area contributed by atoms with Crippen molar-refractivity contribution in [2.24, 2.45) is 0 Å². The molecule has 0 bridgehead atoms. The molecule has 2 rings (SSSR count). The average molecular weight is 250 g/mol. The summed E-state index contributed by atoms with van der Waals surface area (Å²) in [6.07, 6.45) is 0. The number of aromatic nitrogens is 2. The molecule has 1 N–H and O–H groups in total. The van der Waals surface area contributed by atoms with E-state index in [1.165, 1.54) is 12.1 Å². The molecule has 0 aliphatic carbocycles. The molecule has 0 aliphatic rings. The third-order valence-corrected chi connectivity index (χ3v) is 2.28. The number of aliphatic carboxylic acids is 1. The molecule has 6 heteroatoms. The standard InChI is InChI=1S/C12H11FN2O3/c1-8-6-11(18-7-12(16)17)14-15(8)10-4-2-9(13)3-5-10/h2-6H,7H2,1H3,(H,16,17). The molecule has 0 saturated carbocycles. The summed E-state index contributed by atoms with van der Waals surface area (Å²) in [6.45, 7) is 1.35. The minimum absolute atomic E-state index is 0.222. The van der Waals surface area contributed by atoms with Crippen LogP contribution in [0.2, 0.25) is 0 Å². The Morgan fingerprint density at radius 3 is 2.72 bits per heavy atom. The van der Waals surface area contributed by atoms with Gasteiger partial charge in [-0.25, -0.2) is 13.9 Å². The van der Waals surface area contributed by atoms with Crippen LogP contribution in [0, 0.1) is 12.7 Å². The maximum Gasteiger partial charge on any atom is 0.341 e. The fraction of sp³-hybridized carbons (Fsp3) is 0.167. The lowest BCUT2D eigenvalue weighted by Gasteiger charge is -2.03. The van der Waals surface area contributed by atoms with E-state index in [1.54, 1.807) is 29.8 Å². The molecular weight excluding hydrogens is 239 g/mol. The van der Waals surface area contributed by atoms with E-state index in [4.69, 9.17) is 9.84 Å². The van der Waals surface area contributed by atoms with Crippen molar-refractivity contribution in [3.05, 3.63) is 41.8 Å². The Labute approximate surface area is 102 Å². The van der Waals surface area contributed by atoms with E-state index in [2.05, 4.69) is 5.10 Å². The van der Waals surface area contributed by atoms with Crippen LogP contribution in [0.3, 0.4) is 0 Å². The lowest BCUT2D eigenvalue weighted by Crippen LogP contribution is -2.10. The van der Waals surface area contributed by atoms with Gasteiger partial charge in [-0.05, 0) is 31.2 Å². The van der Waals surface area contributed by atoms with Crippen LogP contribution in [0.15, 0.2) is 30.3 Å². The zero-order chi connectivity index (χ0) is 13.1. The normalized spacial score (nSPS) is 10.3. The van der Waals surface area contributed by atoms with E-state index in [9.17, 15) is 9.18 Å². The van der Waals surface area contributed by atoms with Crippen LogP contribution in [0.25, 0.3) is 5.69 Å². The number of benzene rings is 1. The maximum absolute atomic E-state index is 12.8. The topological polar surface area (TPSA) is 64.3 Å². The van der Waals surface area contributed by atoms with E-state index in [1.807, 2.05) is 0 Å². The summed E-state index contributed by atoms with van der Waals surface area (Å²) >= 11 is 0. The van der Waals surface area contributed by atoms with E-state index in [0.29, 0.717) is 5.69 Å². The molecule has 1 heterocycles. The van der Waals surface area contributed by atoms with Crippen LogP contribution in [0.5, 0.6) is 5.88 Å². The lowest BCUT2D eigenvalue weighted by atomic mass is 10.3. The number of hydrogen-bond acceptors (Lipinski definition) is 3. The smallest absolute Gasteiger partial charge is 0.341 e. The summed E-state index contributed by atoms with van der Waals surface area (Å²) < 4.78 is 19.3. The lowest BCUT2D eigenvalue weighted by molar-refractivity contribution is -0.139. The third kappa shape index (κ3) is 2.65. The van der Waals surface area contributed by atoms with Crippen LogP contribution in [-0.2, 0) is 4.79 Å². The van der Waals surface area contributed by atoms with E-state index in [0.717, 1.165) is 5.69 Å². The fourth-order valence-electron chi connectivity index (χ4n) is 1.50. The summed E-state index contributed by atoms with van der Waals surface area (Å²) in [6, 6.07) is 7.43. The second kappa shape index (κ2) is 4.87. The Bertz CT molecular complexity index is 563. The van der Waals surface area contributed by atoms with Gasteiger partial charge in [0.2, 0.25) is 5.88 Å². The first kappa shape index (κ1) is 12.1. The highest BCUT2D eigenvalue weighted by atomic mass is 19.1. The van der Waals surface area contributed by atoms with Crippen molar-refractivity contribution in [2.45, 2.75) is 6.92 Å². The van der Waals surface area contributed by atoms with Gasteiger partial charge >= 0.3 is 5.97 Å². The number of aryl methyl sites for hydroxylation is 1. The Hall–Kier alpha value is -2.37. The first-order valence-electron chi connectivity index (χ1n) is 5.23. The maximum atomic E-state index is 12.8. The minimum Gasteiger partial charge on any atom is -0.479 e. The number of halogens is 1. The quantitative estimate of drug-likeness (QED) is 0.898. The van der Waals surface area contributed by atoms with Crippen LogP contribution in [0.4, 0.5) is 4.39 Å². The predicted molar refractivity (Wildman–Crippen MR) is 61.4 cm³/mol. The fourth-order valence-corrected chi connectivity index (χ4v) is 1.50. The number of carboxylic acids is 1. The minimum atomic E-state index is -1.07. The molecule has 0 unspecified atom stereocenters. The summed E-state index contributed by atoms with van der Waals surface area (Å²) in [5, 5.41) is 12.6. The van der Waals surface area contributed by atoms with Gasteiger partial charge < -0.3 is 9.84 Å². The molecule has 5 nitrogen and oxygen atoms in total. The second-order valence-corrected chi connectivity index (χ2v) is 3.69. The van der Waals surface area contributed by atoms with Crippen LogP contribution in [0.1, 0.15) is 5.69 Å². The number of carboxylic acid groups (broad SMARTS) is 1. The van der Waals surface area contributed by atoms with E-state index < -0.39 is 12.6 Å². The highest BCUT2D eigenvalue weighted by molar-refractivity contribution is 5.68. The molecule has 18 heavy (non-hydrogen) atoms. The Morgan fingerprint density at radius 2 is 2.11 bits per heavy atom. The first-order chi connectivity index (χ1) is 8.56. The molecular formula is C12H11FN2O3. The first-order valence-corrected chi connectivity index (χ1v) is 5.23. The third-order valence-electron chi connectivity index (χ3n) is 2.28. The van der Waals surface area contributed by atoms with Crippen LogP contribution in [-0.4, -0.2) is 27.5 Å². The molecule has 0 atom stereocenters. The Balaban J connectivity index is 2.23. The monoisotopic (exact) mass is 250 g/mol. The van der Waals surface area contributed by atoms with Crippen molar-refractivity contribution >= 4 is 5.97 Å². The summed E-state index contributed by atoms with van der Waals surface area (Å²) in [7, 11) is 0. The summed E-state index contributed by atoms with van der Waals surface area (Å²) in [4.78, 5) is 10.4. The predicted octanol–water partition coefficient (Wildman–Crippen LogP) is 1.78. The van der Waals surface area contributed by atoms with Gasteiger partial charge in [-0.15, -0.1) is 5.10 Å². The van der Waals surface area contributed by atoms with Crippen molar-refractivity contribution in [1.29, 1.82) is 0 Å². The molecule has 1 aromatic carbocycles. The van der Waals surface area contributed by atoms with Gasteiger partial charge in [-0.3, -0.25) is 0 Å². The van der Waals surface area contributed by atoms with E-state index in [-0.39, 0.29) is 11.7 Å². The summed E-state index contributed by atoms with van der Waals surface area (Å²) in [5.74, 6) is -1.17. The largest absolute Gasteiger partial charge is 0.479 e. The molecule has 0 spiro atoms. The van der Waals surface area contributed by atoms with Gasteiger partial charge in [-0.1, -0.05) is 0 Å². The highest BCUT2D eigenvalue weighted by Crippen LogP contribution is 2.16. The molecule has 1 aromatic heterocycles. The van der Waals surface area contributed by atoms with Crippen molar-refractivity contribution in [1.82, 2.24) is 9.78 Å². The summed E-state index contributed by atoms with van der Waals surface area (Å²) in [5.41, 5.74) is 1.45. The Kier molecular flexibility index (Phi) is 3.27. The second-order valence-electron chi connectivity index (χ2n) is 3.69. The van der Waals surface area contributed by atoms with Gasteiger partial charge in [0.1, 0.15) is 5.82 Å². The van der Waals surface area contributed by atoms with Gasteiger partial charge in [0.05, 0.1) is 5.69 Å². The number of rotatable bonds is 4. The van der Waals surface area contributed by atoms with Gasteiger partial charge in [0, 0.05) is 11.8 Å². The average Bonchev–Trinajstić information content (AvgIpc) is 2.69. The van der Waals surface area contributed by atoms with Gasteiger partial charge in [0.25, 0.3) is 0 Å².